The first-order valence-electron chi connectivity index (χ1n) is 10.2. The number of rotatable bonds is 6. The zero-order valence-electron chi connectivity index (χ0n) is 18.1. The van der Waals surface area contributed by atoms with Crippen molar-refractivity contribution in [2.45, 2.75) is 11.8 Å². The van der Waals surface area contributed by atoms with E-state index in [0.717, 1.165) is 11.1 Å². The van der Waals surface area contributed by atoms with Crippen LogP contribution in [0.2, 0.25) is 0 Å². The van der Waals surface area contributed by atoms with Gasteiger partial charge in [0.25, 0.3) is 15.9 Å². The summed E-state index contributed by atoms with van der Waals surface area (Å²) in [5, 5.41) is 2.75. The van der Waals surface area contributed by atoms with Crippen molar-refractivity contribution in [1.82, 2.24) is 9.97 Å². The molecule has 0 atom stereocenters. The third kappa shape index (κ3) is 4.91. The van der Waals surface area contributed by atoms with Crippen LogP contribution in [-0.4, -0.2) is 31.3 Å². The zero-order chi connectivity index (χ0) is 23.4. The normalized spacial score (nSPS) is 11.1. The number of aromatic nitrogens is 2. The fraction of sp³-hybridized carbons (Fsp3) is 0.0800. The molecule has 0 fully saturated rings. The van der Waals surface area contributed by atoms with Gasteiger partial charge in [-0.15, -0.1) is 0 Å². The quantitative estimate of drug-likeness (QED) is 0.458. The van der Waals surface area contributed by atoms with Crippen LogP contribution in [0, 0.1) is 6.92 Å². The van der Waals surface area contributed by atoms with Crippen molar-refractivity contribution >= 4 is 27.3 Å². The lowest BCUT2D eigenvalue weighted by Crippen LogP contribution is -2.26. The van der Waals surface area contributed by atoms with Crippen LogP contribution in [0.4, 0.5) is 11.4 Å². The molecule has 7 nitrogen and oxygen atoms in total. The first kappa shape index (κ1) is 22.2. The van der Waals surface area contributed by atoms with E-state index in [4.69, 9.17) is 0 Å². The van der Waals surface area contributed by atoms with Gasteiger partial charge in [0.05, 0.1) is 28.7 Å². The van der Waals surface area contributed by atoms with Crippen molar-refractivity contribution < 1.29 is 13.2 Å². The minimum Gasteiger partial charge on any atom is -0.319 e. The molecule has 8 heteroatoms. The monoisotopic (exact) mass is 458 g/mol. The maximum absolute atomic E-state index is 12.9. The molecule has 1 N–H and O–H groups in total. The standard InChI is InChI=1S/C25H22N4O3S/c1-18-8-14-23(15-9-18)33(31,32)29(2)22-12-10-20(11-13-22)25(30)28-21-16-26-24(27-17-21)19-6-4-3-5-7-19/h3-17H,1-2H3,(H,28,30). The van der Waals surface area contributed by atoms with E-state index in [1.807, 2.05) is 37.3 Å². The molecule has 166 valence electrons. The van der Waals surface area contributed by atoms with Crippen LogP contribution in [0.3, 0.4) is 0 Å². The molecule has 4 rings (SSSR count). The lowest BCUT2D eigenvalue weighted by atomic mass is 10.2. The number of carbonyl (C=O) groups is 1. The van der Waals surface area contributed by atoms with Crippen molar-refractivity contribution in [2.75, 3.05) is 16.7 Å². The van der Waals surface area contributed by atoms with Crippen molar-refractivity contribution in [1.29, 1.82) is 0 Å². The highest BCUT2D eigenvalue weighted by Gasteiger charge is 2.21. The summed E-state index contributed by atoms with van der Waals surface area (Å²) in [7, 11) is -2.22. The Kier molecular flexibility index (Phi) is 6.19. The van der Waals surface area contributed by atoms with E-state index in [9.17, 15) is 13.2 Å². The molecule has 4 aromatic rings. The van der Waals surface area contributed by atoms with Crippen molar-refractivity contribution in [2.24, 2.45) is 0 Å². The molecule has 33 heavy (non-hydrogen) atoms. The number of sulfonamides is 1. The summed E-state index contributed by atoms with van der Waals surface area (Å²) in [6.45, 7) is 1.90. The summed E-state index contributed by atoms with van der Waals surface area (Å²) >= 11 is 0. The molecule has 0 bridgehead atoms. The second kappa shape index (κ2) is 9.22. The van der Waals surface area contributed by atoms with Gasteiger partial charge in [-0.2, -0.15) is 0 Å². The highest BCUT2D eigenvalue weighted by Crippen LogP contribution is 2.23. The molecule has 0 unspecified atom stereocenters. The molecule has 0 spiro atoms. The first-order chi connectivity index (χ1) is 15.8. The summed E-state index contributed by atoms with van der Waals surface area (Å²) in [6, 6.07) is 22.5. The van der Waals surface area contributed by atoms with Crippen LogP contribution in [0.25, 0.3) is 11.4 Å². The van der Waals surface area contributed by atoms with Crippen LogP contribution >= 0.6 is 0 Å². The number of amides is 1. The van der Waals surface area contributed by atoms with E-state index in [0.29, 0.717) is 22.8 Å². The molecule has 1 heterocycles. The molecule has 1 aromatic heterocycles. The Hall–Kier alpha value is -4.04. The molecule has 0 saturated carbocycles. The van der Waals surface area contributed by atoms with Gasteiger partial charge in [-0.1, -0.05) is 48.0 Å². The highest BCUT2D eigenvalue weighted by atomic mass is 32.2. The SMILES string of the molecule is Cc1ccc(S(=O)(=O)N(C)c2ccc(C(=O)Nc3cnc(-c4ccccc4)nc3)cc2)cc1. The minimum absolute atomic E-state index is 0.205. The van der Waals surface area contributed by atoms with Crippen LogP contribution in [0.5, 0.6) is 0 Å². The maximum Gasteiger partial charge on any atom is 0.264 e. The third-order valence-electron chi connectivity index (χ3n) is 5.11. The van der Waals surface area contributed by atoms with Gasteiger partial charge in [0, 0.05) is 18.2 Å². The van der Waals surface area contributed by atoms with Gasteiger partial charge in [-0.25, -0.2) is 18.4 Å². The lowest BCUT2D eigenvalue weighted by Gasteiger charge is -2.20. The van der Waals surface area contributed by atoms with E-state index in [2.05, 4.69) is 15.3 Å². The second-order valence-electron chi connectivity index (χ2n) is 7.45. The third-order valence-corrected chi connectivity index (χ3v) is 6.91. The minimum atomic E-state index is -3.70. The summed E-state index contributed by atoms with van der Waals surface area (Å²) in [5.74, 6) is 0.220. The van der Waals surface area contributed by atoms with Crippen molar-refractivity contribution in [3.8, 4) is 11.4 Å². The van der Waals surface area contributed by atoms with Gasteiger partial charge < -0.3 is 5.32 Å². The Bertz CT molecular complexity index is 1350. The smallest absolute Gasteiger partial charge is 0.264 e. The van der Waals surface area contributed by atoms with Gasteiger partial charge in [0.15, 0.2) is 5.82 Å². The second-order valence-corrected chi connectivity index (χ2v) is 9.42. The number of anilines is 2. The number of nitrogens with zero attached hydrogens (tertiary/aromatic N) is 3. The van der Waals surface area contributed by atoms with Gasteiger partial charge in [0.2, 0.25) is 0 Å². The van der Waals surface area contributed by atoms with Crippen LogP contribution in [0.1, 0.15) is 15.9 Å². The zero-order valence-corrected chi connectivity index (χ0v) is 19.0. The van der Waals surface area contributed by atoms with E-state index >= 15 is 0 Å². The van der Waals surface area contributed by atoms with Crippen LogP contribution in [0.15, 0.2) is 96.2 Å². The number of aryl methyl sites for hydroxylation is 1. The summed E-state index contributed by atoms with van der Waals surface area (Å²) in [4.78, 5) is 21.4. The molecule has 3 aromatic carbocycles. The highest BCUT2D eigenvalue weighted by molar-refractivity contribution is 7.92. The van der Waals surface area contributed by atoms with Gasteiger partial charge in [-0.3, -0.25) is 9.10 Å². The molecular formula is C25H22N4O3S. The van der Waals surface area contributed by atoms with Gasteiger partial charge >= 0.3 is 0 Å². The van der Waals surface area contributed by atoms with E-state index in [1.54, 1.807) is 60.9 Å². The van der Waals surface area contributed by atoms with Crippen molar-refractivity contribution in [3.05, 3.63) is 102 Å². The maximum atomic E-state index is 12.9. The number of carbonyl (C=O) groups excluding carboxylic acids is 1. The topological polar surface area (TPSA) is 92.3 Å². The Labute approximate surface area is 192 Å². The van der Waals surface area contributed by atoms with Crippen LogP contribution in [-0.2, 0) is 10.0 Å². The molecule has 1 amide bonds. The van der Waals surface area contributed by atoms with E-state index < -0.39 is 10.0 Å². The Morgan fingerprint density at radius 1 is 0.848 bits per heavy atom. The lowest BCUT2D eigenvalue weighted by molar-refractivity contribution is 0.102. The number of nitrogens with one attached hydrogen (secondary N) is 1. The van der Waals surface area contributed by atoms with Gasteiger partial charge in [-0.05, 0) is 43.3 Å². The molecule has 0 saturated heterocycles. The molecular weight excluding hydrogens is 436 g/mol. The van der Waals surface area contributed by atoms with Gasteiger partial charge in [0.1, 0.15) is 0 Å². The molecule has 0 aliphatic rings. The van der Waals surface area contributed by atoms with Crippen LogP contribution < -0.4 is 9.62 Å². The summed E-state index contributed by atoms with van der Waals surface area (Å²) in [6.07, 6.45) is 3.09. The molecule has 0 aliphatic carbocycles. The Morgan fingerprint density at radius 3 is 2.06 bits per heavy atom. The first-order valence-corrected chi connectivity index (χ1v) is 11.6. The summed E-state index contributed by atoms with van der Waals surface area (Å²) < 4.78 is 26.9. The number of hydrogen-bond acceptors (Lipinski definition) is 5. The largest absolute Gasteiger partial charge is 0.319 e. The average Bonchev–Trinajstić information content (AvgIpc) is 2.85. The van der Waals surface area contributed by atoms with E-state index in [1.165, 1.54) is 11.4 Å². The summed E-state index contributed by atoms with van der Waals surface area (Å²) in [5.41, 5.74) is 3.15. The fourth-order valence-corrected chi connectivity index (χ4v) is 4.36. The molecule has 0 radical (unpaired) electrons. The predicted octanol–water partition coefficient (Wildman–Crippen LogP) is 4.53. The van der Waals surface area contributed by atoms with Crippen molar-refractivity contribution in [3.63, 3.8) is 0 Å². The predicted molar refractivity (Wildman–Crippen MR) is 129 cm³/mol. The Morgan fingerprint density at radius 2 is 1.45 bits per heavy atom. The number of benzene rings is 3. The average molecular weight is 459 g/mol. The molecule has 0 aliphatic heterocycles. The fourth-order valence-electron chi connectivity index (χ4n) is 3.16. The number of hydrogen-bond donors (Lipinski definition) is 1. The van der Waals surface area contributed by atoms with E-state index in [-0.39, 0.29) is 10.8 Å². The Balaban J connectivity index is 1.45.